The van der Waals surface area contributed by atoms with Gasteiger partial charge in [-0.3, -0.25) is 0 Å². The van der Waals surface area contributed by atoms with E-state index in [-0.39, 0.29) is 0 Å². The smallest absolute Gasteiger partial charge is 0.109 e. The number of imidazole rings is 1. The minimum absolute atomic E-state index is 0.298. The molecule has 0 amide bonds. The molecule has 0 saturated carbocycles. The second kappa shape index (κ2) is 2.90. The molecule has 1 aliphatic rings. The van der Waals surface area contributed by atoms with Gasteiger partial charge in [-0.1, -0.05) is 0 Å². The molecule has 1 aromatic heterocycles. The lowest BCUT2D eigenvalue weighted by molar-refractivity contribution is 0.199. The van der Waals surface area contributed by atoms with Gasteiger partial charge < -0.3 is 9.67 Å². The third kappa shape index (κ3) is 1.14. The summed E-state index contributed by atoms with van der Waals surface area (Å²) >= 11 is 0. The maximum absolute atomic E-state index is 8.99. The molecule has 1 aromatic rings. The minimum atomic E-state index is 0.298. The molecule has 0 radical (unpaired) electrons. The highest BCUT2D eigenvalue weighted by atomic mass is 16.3. The highest BCUT2D eigenvalue weighted by Gasteiger charge is 2.19. The van der Waals surface area contributed by atoms with Gasteiger partial charge >= 0.3 is 0 Å². The maximum Gasteiger partial charge on any atom is 0.109 e. The summed E-state index contributed by atoms with van der Waals surface area (Å²) in [6.45, 7) is 3.40. The van der Waals surface area contributed by atoms with Gasteiger partial charge in [0, 0.05) is 31.5 Å². The number of nitrogens with zero attached hydrogens (tertiary/aromatic N) is 2. The zero-order chi connectivity index (χ0) is 8.55. The summed E-state index contributed by atoms with van der Waals surface area (Å²) in [6.07, 6.45) is 3.93. The molecule has 0 fully saturated rings. The molecular weight excluding hydrogens is 152 g/mol. The van der Waals surface area contributed by atoms with Crippen LogP contribution >= 0.6 is 0 Å². The molecule has 0 bridgehead atoms. The average Bonchev–Trinajstić information content (AvgIpc) is 2.47. The van der Waals surface area contributed by atoms with E-state index in [4.69, 9.17) is 5.11 Å². The molecule has 0 aromatic carbocycles. The Morgan fingerprint density at radius 1 is 1.75 bits per heavy atom. The highest BCUT2D eigenvalue weighted by Crippen LogP contribution is 2.20. The molecule has 12 heavy (non-hydrogen) atoms. The van der Waals surface area contributed by atoms with Crippen molar-refractivity contribution in [2.75, 3.05) is 6.61 Å². The number of aryl methyl sites for hydroxylation is 1. The van der Waals surface area contributed by atoms with Crippen LogP contribution in [0, 0.1) is 12.8 Å². The summed E-state index contributed by atoms with van der Waals surface area (Å²) in [5, 5.41) is 8.99. The van der Waals surface area contributed by atoms with Crippen molar-refractivity contribution in [3.05, 3.63) is 17.7 Å². The summed E-state index contributed by atoms with van der Waals surface area (Å²) in [6, 6.07) is 0. The van der Waals surface area contributed by atoms with Crippen LogP contribution in [0.15, 0.2) is 6.20 Å². The van der Waals surface area contributed by atoms with Crippen LogP contribution in [0.1, 0.15) is 17.9 Å². The van der Waals surface area contributed by atoms with Crippen LogP contribution in [0.2, 0.25) is 0 Å². The lowest BCUT2D eigenvalue weighted by atomic mass is 9.99. The van der Waals surface area contributed by atoms with E-state index >= 15 is 0 Å². The first-order valence-electron chi connectivity index (χ1n) is 4.43. The van der Waals surface area contributed by atoms with E-state index < -0.39 is 0 Å². The van der Waals surface area contributed by atoms with E-state index in [0.717, 1.165) is 25.2 Å². The van der Waals surface area contributed by atoms with Gasteiger partial charge in [0.1, 0.15) is 5.82 Å². The maximum atomic E-state index is 8.99. The Balaban J connectivity index is 2.24. The Morgan fingerprint density at radius 2 is 2.58 bits per heavy atom. The van der Waals surface area contributed by atoms with E-state index in [2.05, 4.69) is 16.5 Å². The molecule has 3 nitrogen and oxygen atoms in total. The van der Waals surface area contributed by atoms with Crippen LogP contribution in [0.25, 0.3) is 0 Å². The van der Waals surface area contributed by atoms with Crippen LogP contribution in [0.3, 0.4) is 0 Å². The second-order valence-corrected chi connectivity index (χ2v) is 3.51. The van der Waals surface area contributed by atoms with Crippen molar-refractivity contribution in [3.8, 4) is 0 Å². The molecule has 1 unspecified atom stereocenters. The lowest BCUT2D eigenvalue weighted by Gasteiger charge is -2.22. The molecule has 0 saturated heterocycles. The van der Waals surface area contributed by atoms with E-state index in [0.29, 0.717) is 12.5 Å². The average molecular weight is 166 g/mol. The summed E-state index contributed by atoms with van der Waals surface area (Å²) < 4.78 is 2.24. The third-order valence-electron chi connectivity index (χ3n) is 2.63. The first-order chi connectivity index (χ1) is 5.81. The standard InChI is InChI=1S/C9H14N2O/c1-7-5-10-9-4-8(6-12)2-3-11(7)9/h5,8,12H,2-4,6H2,1H3. The summed E-state index contributed by atoms with van der Waals surface area (Å²) in [5.41, 5.74) is 1.24. The van der Waals surface area contributed by atoms with Gasteiger partial charge in [-0.25, -0.2) is 4.98 Å². The van der Waals surface area contributed by atoms with Crippen LogP contribution in [-0.2, 0) is 13.0 Å². The van der Waals surface area contributed by atoms with Crippen molar-refractivity contribution < 1.29 is 5.11 Å². The molecule has 66 valence electrons. The predicted molar refractivity (Wildman–Crippen MR) is 45.9 cm³/mol. The zero-order valence-corrected chi connectivity index (χ0v) is 7.32. The first-order valence-corrected chi connectivity index (χ1v) is 4.43. The fourth-order valence-corrected chi connectivity index (χ4v) is 1.81. The highest BCUT2D eigenvalue weighted by molar-refractivity contribution is 5.06. The molecule has 3 heteroatoms. The molecule has 1 N–H and O–H groups in total. The van der Waals surface area contributed by atoms with Crippen LogP contribution in [0.4, 0.5) is 0 Å². The molecule has 2 rings (SSSR count). The van der Waals surface area contributed by atoms with Crippen molar-refractivity contribution in [1.82, 2.24) is 9.55 Å². The Morgan fingerprint density at radius 3 is 3.33 bits per heavy atom. The minimum Gasteiger partial charge on any atom is -0.396 e. The molecule has 0 spiro atoms. The predicted octanol–water partition coefficient (Wildman–Crippen LogP) is 0.746. The first kappa shape index (κ1) is 7.80. The van der Waals surface area contributed by atoms with Crippen molar-refractivity contribution in [2.24, 2.45) is 5.92 Å². The topological polar surface area (TPSA) is 38.0 Å². The van der Waals surface area contributed by atoms with Gasteiger partial charge in [-0.15, -0.1) is 0 Å². The SMILES string of the molecule is Cc1cnc2n1CCC(CO)C2. The normalized spacial score (nSPS) is 22.3. The van der Waals surface area contributed by atoms with Gasteiger partial charge in [0.15, 0.2) is 0 Å². The second-order valence-electron chi connectivity index (χ2n) is 3.51. The molecule has 0 aliphatic carbocycles. The molecule has 2 heterocycles. The van der Waals surface area contributed by atoms with Gasteiger partial charge in [-0.2, -0.15) is 0 Å². The Hall–Kier alpha value is -0.830. The van der Waals surface area contributed by atoms with Crippen LogP contribution in [0.5, 0.6) is 0 Å². The lowest BCUT2D eigenvalue weighted by Crippen LogP contribution is -2.22. The summed E-state index contributed by atoms with van der Waals surface area (Å²) in [5.74, 6) is 1.57. The summed E-state index contributed by atoms with van der Waals surface area (Å²) in [4.78, 5) is 4.31. The van der Waals surface area contributed by atoms with Crippen molar-refractivity contribution in [2.45, 2.75) is 26.3 Å². The van der Waals surface area contributed by atoms with Gasteiger partial charge in [0.05, 0.1) is 0 Å². The van der Waals surface area contributed by atoms with Gasteiger partial charge in [0.25, 0.3) is 0 Å². The van der Waals surface area contributed by atoms with E-state index in [1.165, 1.54) is 5.69 Å². The number of aliphatic hydroxyl groups is 1. The fourth-order valence-electron chi connectivity index (χ4n) is 1.81. The molecular formula is C9H14N2O. The number of hydrogen-bond donors (Lipinski definition) is 1. The quantitative estimate of drug-likeness (QED) is 0.668. The Bertz CT molecular complexity index is 280. The van der Waals surface area contributed by atoms with Crippen molar-refractivity contribution >= 4 is 0 Å². The third-order valence-corrected chi connectivity index (χ3v) is 2.63. The van der Waals surface area contributed by atoms with E-state index in [9.17, 15) is 0 Å². The Kier molecular flexibility index (Phi) is 1.89. The Labute approximate surface area is 72.0 Å². The largest absolute Gasteiger partial charge is 0.396 e. The number of aliphatic hydroxyl groups excluding tert-OH is 1. The summed E-state index contributed by atoms with van der Waals surface area (Å²) in [7, 11) is 0. The number of fused-ring (bicyclic) bond motifs is 1. The number of aromatic nitrogens is 2. The van der Waals surface area contributed by atoms with Crippen molar-refractivity contribution in [1.29, 1.82) is 0 Å². The van der Waals surface area contributed by atoms with E-state index in [1.54, 1.807) is 0 Å². The molecule has 1 aliphatic heterocycles. The number of rotatable bonds is 1. The fraction of sp³-hybridized carbons (Fsp3) is 0.667. The number of hydrogen-bond acceptors (Lipinski definition) is 2. The molecule has 1 atom stereocenters. The monoisotopic (exact) mass is 166 g/mol. The van der Waals surface area contributed by atoms with Crippen LogP contribution < -0.4 is 0 Å². The van der Waals surface area contributed by atoms with Gasteiger partial charge in [0.2, 0.25) is 0 Å². The van der Waals surface area contributed by atoms with Crippen LogP contribution in [-0.4, -0.2) is 21.3 Å². The van der Waals surface area contributed by atoms with E-state index in [1.807, 2.05) is 6.20 Å². The zero-order valence-electron chi connectivity index (χ0n) is 7.32. The van der Waals surface area contributed by atoms with Crippen molar-refractivity contribution in [3.63, 3.8) is 0 Å². The van der Waals surface area contributed by atoms with Gasteiger partial charge in [-0.05, 0) is 19.3 Å².